The predicted octanol–water partition coefficient (Wildman–Crippen LogP) is 0.560. The van der Waals surface area contributed by atoms with Crippen molar-refractivity contribution in [3.05, 3.63) is 29.8 Å². The Bertz CT molecular complexity index is 419. The third-order valence-electron chi connectivity index (χ3n) is 3.20. The van der Waals surface area contributed by atoms with E-state index in [0.29, 0.717) is 32.1 Å². The second-order valence-electron chi connectivity index (χ2n) is 4.65. The number of ether oxygens (including phenoxy) is 2. The molecular weight excluding hydrogens is 244 g/mol. The molecule has 1 atom stereocenters. The number of hydrogen-bond acceptors (Lipinski definition) is 4. The summed E-state index contributed by atoms with van der Waals surface area (Å²) in [7, 11) is 0. The minimum atomic E-state index is -0.0423. The van der Waals surface area contributed by atoms with Crippen molar-refractivity contribution in [3.8, 4) is 5.75 Å². The summed E-state index contributed by atoms with van der Waals surface area (Å²) in [5.74, 6) is 0.663. The van der Waals surface area contributed by atoms with Crippen molar-refractivity contribution < 1.29 is 14.3 Å². The molecule has 2 N–H and O–H groups in total. The fourth-order valence-electron chi connectivity index (χ4n) is 2.04. The van der Waals surface area contributed by atoms with E-state index in [1.54, 1.807) is 4.90 Å². The summed E-state index contributed by atoms with van der Waals surface area (Å²) in [6.45, 7) is 4.11. The van der Waals surface area contributed by atoms with Gasteiger partial charge >= 0.3 is 0 Å². The molecule has 0 bridgehead atoms. The number of morpholine rings is 1. The summed E-state index contributed by atoms with van der Waals surface area (Å²) in [4.78, 5) is 13.8. The van der Waals surface area contributed by atoms with Gasteiger partial charge in [0.25, 0.3) is 5.91 Å². The van der Waals surface area contributed by atoms with Crippen molar-refractivity contribution in [1.82, 2.24) is 4.90 Å². The highest BCUT2D eigenvalue weighted by Gasteiger charge is 2.26. The molecule has 5 heteroatoms. The number of hydrogen-bond donors (Lipinski definition) is 1. The van der Waals surface area contributed by atoms with Gasteiger partial charge in [-0.2, -0.15) is 0 Å². The van der Waals surface area contributed by atoms with Crippen LogP contribution >= 0.6 is 0 Å². The predicted molar refractivity (Wildman–Crippen MR) is 72.0 cm³/mol. The number of amides is 1. The number of nitrogens with two attached hydrogens (primary N) is 1. The lowest BCUT2D eigenvalue weighted by Gasteiger charge is -2.34. The molecule has 1 aliphatic rings. The summed E-state index contributed by atoms with van der Waals surface area (Å²) in [5.41, 5.74) is 6.80. The number of aryl methyl sites for hydroxylation is 1. The van der Waals surface area contributed by atoms with E-state index in [2.05, 4.69) is 0 Å². The van der Waals surface area contributed by atoms with Gasteiger partial charge in [-0.1, -0.05) is 17.7 Å². The number of carbonyl (C=O) groups excluding carboxylic acids is 1. The Morgan fingerprint density at radius 1 is 1.47 bits per heavy atom. The van der Waals surface area contributed by atoms with Gasteiger partial charge in [-0.25, -0.2) is 0 Å². The molecule has 0 aliphatic carbocycles. The van der Waals surface area contributed by atoms with Crippen LogP contribution in [0.25, 0.3) is 0 Å². The molecule has 1 aromatic rings. The Morgan fingerprint density at radius 2 is 2.21 bits per heavy atom. The molecule has 1 unspecified atom stereocenters. The zero-order valence-corrected chi connectivity index (χ0v) is 11.2. The third kappa shape index (κ3) is 3.68. The average Bonchev–Trinajstić information content (AvgIpc) is 2.46. The number of carbonyl (C=O) groups is 1. The first-order valence-corrected chi connectivity index (χ1v) is 6.47. The van der Waals surface area contributed by atoms with Crippen LogP contribution < -0.4 is 10.5 Å². The van der Waals surface area contributed by atoms with Crippen LogP contribution in [0.3, 0.4) is 0 Å². The van der Waals surface area contributed by atoms with E-state index in [1.807, 2.05) is 31.2 Å². The van der Waals surface area contributed by atoms with Crippen LogP contribution in [0.15, 0.2) is 24.3 Å². The molecule has 0 radical (unpaired) electrons. The summed E-state index contributed by atoms with van der Waals surface area (Å²) >= 11 is 0. The van der Waals surface area contributed by atoms with Crippen molar-refractivity contribution in [1.29, 1.82) is 0 Å². The van der Waals surface area contributed by atoms with Crippen molar-refractivity contribution in [2.45, 2.75) is 13.0 Å². The molecule has 19 heavy (non-hydrogen) atoms. The SMILES string of the molecule is Cc1ccc(OCC(=O)N2CCOCC2CN)cc1. The minimum Gasteiger partial charge on any atom is -0.484 e. The lowest BCUT2D eigenvalue weighted by Crippen LogP contribution is -2.53. The quantitative estimate of drug-likeness (QED) is 0.863. The Labute approximate surface area is 113 Å². The zero-order chi connectivity index (χ0) is 13.7. The average molecular weight is 264 g/mol. The zero-order valence-electron chi connectivity index (χ0n) is 11.2. The summed E-state index contributed by atoms with van der Waals surface area (Å²) < 4.78 is 10.8. The molecule has 2 rings (SSSR count). The van der Waals surface area contributed by atoms with E-state index in [0.717, 1.165) is 5.56 Å². The standard InChI is InChI=1S/C14H20N2O3/c1-11-2-4-13(5-3-11)19-10-14(17)16-6-7-18-9-12(16)8-15/h2-5,12H,6-10,15H2,1H3. The van der Waals surface area contributed by atoms with Crippen LogP contribution in [-0.2, 0) is 9.53 Å². The topological polar surface area (TPSA) is 64.8 Å². The molecule has 1 amide bonds. The lowest BCUT2D eigenvalue weighted by atomic mass is 10.2. The molecule has 5 nitrogen and oxygen atoms in total. The highest BCUT2D eigenvalue weighted by molar-refractivity contribution is 5.78. The van der Waals surface area contributed by atoms with Gasteiger partial charge in [0.05, 0.1) is 19.3 Å². The van der Waals surface area contributed by atoms with Gasteiger partial charge in [0.15, 0.2) is 6.61 Å². The maximum absolute atomic E-state index is 12.1. The molecular formula is C14H20N2O3. The van der Waals surface area contributed by atoms with Gasteiger partial charge in [-0.15, -0.1) is 0 Å². The van der Waals surface area contributed by atoms with E-state index >= 15 is 0 Å². The summed E-state index contributed by atoms with van der Waals surface area (Å²) in [6.07, 6.45) is 0. The summed E-state index contributed by atoms with van der Waals surface area (Å²) in [6, 6.07) is 7.60. The Balaban J connectivity index is 1.87. The van der Waals surface area contributed by atoms with Crippen molar-refractivity contribution >= 4 is 5.91 Å². The maximum Gasteiger partial charge on any atom is 0.260 e. The molecule has 104 valence electrons. The molecule has 0 aromatic heterocycles. The first kappa shape index (κ1) is 13.8. The van der Waals surface area contributed by atoms with Crippen molar-refractivity contribution in [3.63, 3.8) is 0 Å². The molecule has 1 aliphatic heterocycles. The van der Waals surface area contributed by atoms with Gasteiger partial charge in [-0.05, 0) is 19.1 Å². The largest absolute Gasteiger partial charge is 0.484 e. The van der Waals surface area contributed by atoms with E-state index < -0.39 is 0 Å². The first-order chi connectivity index (χ1) is 9.20. The highest BCUT2D eigenvalue weighted by Crippen LogP contribution is 2.12. The Kier molecular flexibility index (Phi) is 4.76. The van der Waals surface area contributed by atoms with Gasteiger partial charge in [0, 0.05) is 13.1 Å². The number of rotatable bonds is 4. The van der Waals surface area contributed by atoms with Gasteiger partial charge in [-0.3, -0.25) is 4.79 Å². The molecule has 0 spiro atoms. The monoisotopic (exact) mass is 264 g/mol. The van der Waals surface area contributed by atoms with E-state index in [9.17, 15) is 4.79 Å². The summed E-state index contributed by atoms with van der Waals surface area (Å²) in [5, 5.41) is 0. The lowest BCUT2D eigenvalue weighted by molar-refractivity contribution is -0.141. The smallest absolute Gasteiger partial charge is 0.260 e. The van der Waals surface area contributed by atoms with Crippen LogP contribution in [0.4, 0.5) is 0 Å². The van der Waals surface area contributed by atoms with Crippen molar-refractivity contribution in [2.75, 3.05) is 32.9 Å². The highest BCUT2D eigenvalue weighted by atomic mass is 16.5. The Hall–Kier alpha value is -1.59. The molecule has 1 aromatic carbocycles. The minimum absolute atomic E-state index is 0.0390. The van der Waals surface area contributed by atoms with Gasteiger partial charge in [0.1, 0.15) is 5.75 Å². The van der Waals surface area contributed by atoms with Crippen LogP contribution in [0.1, 0.15) is 5.56 Å². The van der Waals surface area contributed by atoms with Crippen LogP contribution in [0.5, 0.6) is 5.75 Å². The van der Waals surface area contributed by atoms with Gasteiger partial charge in [0.2, 0.25) is 0 Å². The normalized spacial score (nSPS) is 19.3. The molecule has 1 fully saturated rings. The van der Waals surface area contributed by atoms with E-state index in [-0.39, 0.29) is 18.6 Å². The Morgan fingerprint density at radius 3 is 2.89 bits per heavy atom. The fraction of sp³-hybridized carbons (Fsp3) is 0.500. The second-order valence-corrected chi connectivity index (χ2v) is 4.65. The molecule has 0 saturated carbocycles. The van der Waals surface area contributed by atoms with E-state index in [1.165, 1.54) is 0 Å². The molecule has 1 heterocycles. The number of benzene rings is 1. The first-order valence-electron chi connectivity index (χ1n) is 6.47. The maximum atomic E-state index is 12.1. The third-order valence-corrected chi connectivity index (χ3v) is 3.20. The second kappa shape index (κ2) is 6.54. The van der Waals surface area contributed by atoms with Crippen molar-refractivity contribution in [2.24, 2.45) is 5.73 Å². The van der Waals surface area contributed by atoms with Crippen LogP contribution in [0.2, 0.25) is 0 Å². The molecule has 1 saturated heterocycles. The van der Waals surface area contributed by atoms with Crippen LogP contribution in [-0.4, -0.2) is 49.8 Å². The van der Waals surface area contributed by atoms with Crippen LogP contribution in [0, 0.1) is 6.92 Å². The van der Waals surface area contributed by atoms with Gasteiger partial charge < -0.3 is 20.1 Å². The van der Waals surface area contributed by atoms with E-state index in [4.69, 9.17) is 15.2 Å². The number of nitrogens with zero attached hydrogens (tertiary/aromatic N) is 1. The fourth-order valence-corrected chi connectivity index (χ4v) is 2.04.